The van der Waals surface area contributed by atoms with Crippen LogP contribution < -0.4 is 9.46 Å². The summed E-state index contributed by atoms with van der Waals surface area (Å²) in [7, 11) is -2.26. The van der Waals surface area contributed by atoms with E-state index in [2.05, 4.69) is 32.2 Å². The van der Waals surface area contributed by atoms with Gasteiger partial charge in [-0.2, -0.15) is 0 Å². The minimum atomic E-state index is -3.63. The first-order chi connectivity index (χ1) is 7.51. The Bertz CT molecular complexity index is 488. The van der Waals surface area contributed by atoms with Crippen LogP contribution in [0, 0.1) is 0 Å². The van der Waals surface area contributed by atoms with Crippen LogP contribution in [0.3, 0.4) is 0 Å². The van der Waals surface area contributed by atoms with E-state index in [-0.39, 0.29) is 17.3 Å². The van der Waals surface area contributed by atoms with Crippen molar-refractivity contribution >= 4 is 26.0 Å². The molecule has 0 saturated heterocycles. The molecule has 0 aliphatic carbocycles. The zero-order valence-corrected chi connectivity index (χ0v) is 11.0. The van der Waals surface area contributed by atoms with Gasteiger partial charge in [0.25, 0.3) is 0 Å². The second-order valence-corrected chi connectivity index (χ2v) is 5.45. The lowest BCUT2D eigenvalue weighted by atomic mass is 10.5. The van der Waals surface area contributed by atoms with Crippen molar-refractivity contribution in [2.75, 3.05) is 13.7 Å². The maximum absolute atomic E-state index is 11.8. The van der Waals surface area contributed by atoms with Gasteiger partial charge in [0.05, 0.1) is 7.11 Å². The maximum atomic E-state index is 11.8. The number of sulfonamides is 1. The second kappa shape index (κ2) is 5.42. The van der Waals surface area contributed by atoms with Crippen LogP contribution in [0.2, 0.25) is 0 Å². The predicted octanol–water partition coefficient (Wildman–Crippen LogP) is 1.32. The van der Waals surface area contributed by atoms with Crippen molar-refractivity contribution in [3.05, 3.63) is 29.4 Å². The van der Waals surface area contributed by atoms with Crippen LogP contribution in [-0.2, 0) is 10.0 Å². The number of methoxy groups -OCH3 is 1. The van der Waals surface area contributed by atoms with Gasteiger partial charge in [0, 0.05) is 17.2 Å². The largest absolute Gasteiger partial charge is 0.480 e. The van der Waals surface area contributed by atoms with Crippen LogP contribution in [0.15, 0.2) is 34.3 Å². The lowest BCUT2D eigenvalue weighted by Crippen LogP contribution is -2.24. The van der Waals surface area contributed by atoms with E-state index in [0.29, 0.717) is 4.47 Å². The molecule has 0 fully saturated rings. The van der Waals surface area contributed by atoms with E-state index in [1.165, 1.54) is 25.4 Å². The van der Waals surface area contributed by atoms with Crippen molar-refractivity contribution < 1.29 is 13.2 Å². The number of pyridine rings is 1. The Morgan fingerprint density at radius 1 is 1.69 bits per heavy atom. The topological polar surface area (TPSA) is 68.3 Å². The molecule has 1 heterocycles. The molecule has 0 spiro atoms. The third-order valence-corrected chi connectivity index (χ3v) is 3.54. The Morgan fingerprint density at radius 3 is 2.94 bits per heavy atom. The molecule has 0 bridgehead atoms. The fourth-order valence-corrected chi connectivity index (χ4v) is 2.62. The summed E-state index contributed by atoms with van der Waals surface area (Å²) in [4.78, 5) is 3.85. The fraction of sp³-hybridized carbons (Fsp3) is 0.222. The second-order valence-electron chi connectivity index (χ2n) is 2.80. The number of hydrogen-bond acceptors (Lipinski definition) is 4. The van der Waals surface area contributed by atoms with Gasteiger partial charge in [-0.15, -0.1) is 6.58 Å². The van der Waals surface area contributed by atoms with Crippen LogP contribution in [0.1, 0.15) is 0 Å². The quantitative estimate of drug-likeness (QED) is 0.833. The van der Waals surface area contributed by atoms with Crippen LogP contribution in [0.25, 0.3) is 0 Å². The van der Waals surface area contributed by atoms with Crippen molar-refractivity contribution in [1.82, 2.24) is 9.71 Å². The summed E-state index contributed by atoms with van der Waals surface area (Å²) in [6.07, 6.45) is 2.92. The van der Waals surface area contributed by atoms with E-state index in [1.807, 2.05) is 0 Å². The van der Waals surface area contributed by atoms with Gasteiger partial charge in [0.15, 0.2) is 0 Å². The number of aromatic nitrogens is 1. The Labute approximate surface area is 103 Å². The highest BCUT2D eigenvalue weighted by Gasteiger charge is 2.20. The molecule has 0 saturated carbocycles. The first-order valence-corrected chi connectivity index (χ1v) is 6.59. The fourth-order valence-electron chi connectivity index (χ4n) is 1.00. The number of rotatable bonds is 5. The standard InChI is InChI=1S/C9H11BrN2O3S/c1-3-4-12-16(13,14)8-5-7(10)6-11-9(8)15-2/h3,5-6,12H,1,4H2,2H3. The van der Waals surface area contributed by atoms with Crippen molar-refractivity contribution in [1.29, 1.82) is 0 Å². The minimum Gasteiger partial charge on any atom is -0.480 e. The molecule has 1 rings (SSSR count). The van der Waals surface area contributed by atoms with E-state index in [1.54, 1.807) is 0 Å². The lowest BCUT2D eigenvalue weighted by Gasteiger charge is -2.08. The van der Waals surface area contributed by atoms with E-state index in [0.717, 1.165) is 0 Å². The molecule has 0 aliphatic rings. The summed E-state index contributed by atoms with van der Waals surface area (Å²) in [6, 6.07) is 1.43. The molecule has 5 nitrogen and oxygen atoms in total. The normalized spacial score (nSPS) is 11.1. The van der Waals surface area contributed by atoms with Crippen LogP contribution in [0.5, 0.6) is 5.88 Å². The van der Waals surface area contributed by atoms with Crippen molar-refractivity contribution in [2.45, 2.75) is 4.90 Å². The average molecular weight is 307 g/mol. The molecule has 0 aromatic carbocycles. The molecule has 0 unspecified atom stereocenters. The van der Waals surface area contributed by atoms with Gasteiger partial charge in [-0.3, -0.25) is 0 Å². The highest BCUT2D eigenvalue weighted by atomic mass is 79.9. The third-order valence-electron chi connectivity index (χ3n) is 1.69. The Morgan fingerprint density at radius 2 is 2.38 bits per heavy atom. The average Bonchev–Trinajstić information content (AvgIpc) is 2.26. The minimum absolute atomic E-state index is 0.00812. The smallest absolute Gasteiger partial charge is 0.246 e. The van der Waals surface area contributed by atoms with E-state index < -0.39 is 10.0 Å². The zero-order valence-electron chi connectivity index (χ0n) is 8.60. The third kappa shape index (κ3) is 3.03. The summed E-state index contributed by atoms with van der Waals surface area (Å²) in [5.41, 5.74) is 0. The Kier molecular flexibility index (Phi) is 4.45. The van der Waals surface area contributed by atoms with Gasteiger partial charge in [-0.25, -0.2) is 18.1 Å². The van der Waals surface area contributed by atoms with E-state index >= 15 is 0 Å². The lowest BCUT2D eigenvalue weighted by molar-refractivity contribution is 0.384. The van der Waals surface area contributed by atoms with Crippen LogP contribution >= 0.6 is 15.9 Å². The zero-order chi connectivity index (χ0) is 12.2. The Hall–Kier alpha value is -0.920. The molecule has 1 aromatic heterocycles. The van der Waals surface area contributed by atoms with Gasteiger partial charge in [-0.1, -0.05) is 6.08 Å². The number of halogens is 1. The molecule has 88 valence electrons. The van der Waals surface area contributed by atoms with Crippen molar-refractivity contribution in [3.63, 3.8) is 0 Å². The van der Waals surface area contributed by atoms with Gasteiger partial charge in [0.1, 0.15) is 4.90 Å². The number of hydrogen-bond donors (Lipinski definition) is 1. The van der Waals surface area contributed by atoms with Crippen LogP contribution in [0.4, 0.5) is 0 Å². The summed E-state index contributed by atoms with van der Waals surface area (Å²) >= 11 is 3.16. The number of nitrogens with zero attached hydrogens (tertiary/aromatic N) is 1. The van der Waals surface area contributed by atoms with Crippen molar-refractivity contribution in [3.8, 4) is 5.88 Å². The van der Waals surface area contributed by atoms with E-state index in [4.69, 9.17) is 4.74 Å². The summed E-state index contributed by atoms with van der Waals surface area (Å²) in [5.74, 6) is 0.0553. The van der Waals surface area contributed by atoms with Gasteiger partial charge < -0.3 is 4.74 Å². The SMILES string of the molecule is C=CCNS(=O)(=O)c1cc(Br)cnc1OC. The molecule has 0 aliphatic heterocycles. The number of ether oxygens (including phenoxy) is 1. The summed E-state index contributed by atoms with van der Waals surface area (Å²) in [6.45, 7) is 3.59. The highest BCUT2D eigenvalue weighted by Crippen LogP contribution is 2.23. The maximum Gasteiger partial charge on any atom is 0.246 e. The monoisotopic (exact) mass is 306 g/mol. The van der Waals surface area contributed by atoms with Crippen LogP contribution in [-0.4, -0.2) is 27.1 Å². The number of nitrogens with one attached hydrogen (secondary N) is 1. The molecule has 7 heteroatoms. The molecule has 1 aromatic rings. The van der Waals surface area contributed by atoms with E-state index in [9.17, 15) is 8.42 Å². The highest BCUT2D eigenvalue weighted by molar-refractivity contribution is 9.10. The first-order valence-electron chi connectivity index (χ1n) is 4.31. The molecule has 0 atom stereocenters. The summed E-state index contributed by atoms with van der Waals surface area (Å²) < 4.78 is 31.4. The molecular weight excluding hydrogens is 296 g/mol. The molecule has 16 heavy (non-hydrogen) atoms. The van der Waals surface area contributed by atoms with Crippen molar-refractivity contribution in [2.24, 2.45) is 0 Å². The summed E-state index contributed by atoms with van der Waals surface area (Å²) in [5, 5.41) is 0. The molecule has 0 radical (unpaired) electrons. The van der Waals surface area contributed by atoms with Gasteiger partial charge in [0.2, 0.25) is 15.9 Å². The van der Waals surface area contributed by atoms with Gasteiger partial charge >= 0.3 is 0 Å². The molecule has 1 N–H and O–H groups in total. The predicted molar refractivity (Wildman–Crippen MR) is 63.9 cm³/mol. The Balaban J connectivity index is 3.19. The van der Waals surface area contributed by atoms with Gasteiger partial charge in [-0.05, 0) is 22.0 Å². The first kappa shape index (κ1) is 13.1. The molecule has 0 amide bonds. The molecular formula is C9H11BrN2O3S.